The highest BCUT2D eigenvalue weighted by atomic mass is 32.2. The second-order valence-corrected chi connectivity index (χ2v) is 5.84. The number of aryl methyl sites for hydroxylation is 1. The summed E-state index contributed by atoms with van der Waals surface area (Å²) < 4.78 is 24.4. The smallest absolute Gasteiger partial charge is 0.270 e. The Bertz CT molecular complexity index is 545. The molecular formula is C12H21N3O3S. The van der Waals surface area contributed by atoms with Crippen LogP contribution in [0.4, 0.5) is 0 Å². The van der Waals surface area contributed by atoms with Gasteiger partial charge in [0.05, 0.1) is 0 Å². The van der Waals surface area contributed by atoms with E-state index in [4.69, 9.17) is 5.14 Å². The van der Waals surface area contributed by atoms with E-state index >= 15 is 0 Å². The van der Waals surface area contributed by atoms with Gasteiger partial charge in [0.2, 0.25) is 10.0 Å². The number of primary sulfonamides is 1. The molecule has 0 unspecified atom stereocenters. The van der Waals surface area contributed by atoms with Crippen LogP contribution in [0.25, 0.3) is 0 Å². The highest BCUT2D eigenvalue weighted by molar-refractivity contribution is 7.89. The first kappa shape index (κ1) is 15.7. The molecule has 0 aliphatic carbocycles. The molecule has 0 bridgehead atoms. The van der Waals surface area contributed by atoms with Gasteiger partial charge < -0.3 is 9.47 Å². The number of nitrogens with zero attached hydrogens (tertiary/aromatic N) is 2. The van der Waals surface area contributed by atoms with Crippen molar-refractivity contribution in [3.63, 3.8) is 0 Å². The van der Waals surface area contributed by atoms with Gasteiger partial charge in [-0.15, -0.1) is 0 Å². The number of carbonyl (C=O) groups excluding carboxylic acids is 1. The van der Waals surface area contributed by atoms with Crippen LogP contribution in [-0.2, 0) is 16.6 Å². The Labute approximate surface area is 114 Å². The van der Waals surface area contributed by atoms with E-state index in [0.717, 1.165) is 6.42 Å². The summed E-state index contributed by atoms with van der Waals surface area (Å²) in [7, 11) is -3.79. The van der Waals surface area contributed by atoms with Gasteiger partial charge in [0.1, 0.15) is 10.6 Å². The molecule has 2 N–H and O–H groups in total. The monoisotopic (exact) mass is 287 g/mol. The van der Waals surface area contributed by atoms with Crippen LogP contribution in [-0.4, -0.2) is 36.9 Å². The summed E-state index contributed by atoms with van der Waals surface area (Å²) in [5.74, 6) is -0.173. The lowest BCUT2D eigenvalue weighted by molar-refractivity contribution is 0.0762. The van der Waals surface area contributed by atoms with Crippen LogP contribution in [0.5, 0.6) is 0 Å². The van der Waals surface area contributed by atoms with Gasteiger partial charge >= 0.3 is 0 Å². The minimum Gasteiger partial charge on any atom is -0.342 e. The van der Waals surface area contributed by atoms with Gasteiger partial charge in [0.25, 0.3) is 5.91 Å². The molecule has 0 aliphatic rings. The molecule has 108 valence electrons. The van der Waals surface area contributed by atoms with Crippen molar-refractivity contribution in [2.45, 2.75) is 38.6 Å². The van der Waals surface area contributed by atoms with Crippen LogP contribution in [0, 0.1) is 0 Å². The second kappa shape index (κ2) is 6.21. The normalized spacial score (nSPS) is 11.6. The van der Waals surface area contributed by atoms with Gasteiger partial charge in [-0.2, -0.15) is 0 Å². The van der Waals surface area contributed by atoms with Crippen LogP contribution in [0.3, 0.4) is 0 Å². The van der Waals surface area contributed by atoms with E-state index in [1.807, 2.05) is 20.8 Å². The van der Waals surface area contributed by atoms with Gasteiger partial charge in [-0.1, -0.05) is 6.92 Å². The fourth-order valence-electron chi connectivity index (χ4n) is 1.92. The molecule has 0 aliphatic heterocycles. The molecule has 0 radical (unpaired) electrons. The molecule has 1 heterocycles. The number of amides is 1. The molecular weight excluding hydrogens is 266 g/mol. The number of hydrogen-bond acceptors (Lipinski definition) is 3. The van der Waals surface area contributed by atoms with Gasteiger partial charge in [-0.25, -0.2) is 13.6 Å². The molecule has 0 spiro atoms. The molecule has 0 fully saturated rings. The van der Waals surface area contributed by atoms with Gasteiger partial charge in [0.15, 0.2) is 0 Å². The third-order valence-electron chi connectivity index (χ3n) is 2.93. The minimum atomic E-state index is -3.79. The number of sulfonamides is 1. The maximum Gasteiger partial charge on any atom is 0.270 e. The number of carbonyl (C=O) groups is 1. The van der Waals surface area contributed by atoms with E-state index in [0.29, 0.717) is 25.3 Å². The van der Waals surface area contributed by atoms with Crippen molar-refractivity contribution in [1.29, 1.82) is 0 Å². The number of hydrogen-bond donors (Lipinski definition) is 1. The zero-order chi connectivity index (χ0) is 14.6. The summed E-state index contributed by atoms with van der Waals surface area (Å²) >= 11 is 0. The quantitative estimate of drug-likeness (QED) is 0.848. The molecule has 7 heteroatoms. The third kappa shape index (κ3) is 3.57. The first-order chi connectivity index (χ1) is 8.85. The van der Waals surface area contributed by atoms with Crippen molar-refractivity contribution in [2.75, 3.05) is 13.1 Å². The van der Waals surface area contributed by atoms with Crippen molar-refractivity contribution >= 4 is 15.9 Å². The molecule has 1 aromatic rings. The molecule has 1 rings (SSSR count). The first-order valence-electron chi connectivity index (χ1n) is 6.37. The van der Waals surface area contributed by atoms with E-state index in [-0.39, 0.29) is 10.8 Å². The fraction of sp³-hybridized carbons (Fsp3) is 0.583. The Morgan fingerprint density at radius 1 is 1.32 bits per heavy atom. The molecule has 0 atom stereocenters. The summed E-state index contributed by atoms with van der Waals surface area (Å²) in [5, 5.41) is 5.11. The number of rotatable bonds is 6. The fourth-order valence-corrected chi connectivity index (χ4v) is 2.47. The van der Waals surface area contributed by atoms with Crippen LogP contribution in [0.1, 0.15) is 37.7 Å². The average molecular weight is 287 g/mol. The molecule has 0 saturated carbocycles. The average Bonchev–Trinajstić information content (AvgIpc) is 2.75. The largest absolute Gasteiger partial charge is 0.342 e. The van der Waals surface area contributed by atoms with Crippen molar-refractivity contribution in [2.24, 2.45) is 5.14 Å². The maximum absolute atomic E-state index is 12.3. The zero-order valence-corrected chi connectivity index (χ0v) is 12.4. The van der Waals surface area contributed by atoms with Crippen LogP contribution in [0.2, 0.25) is 0 Å². The summed E-state index contributed by atoms with van der Waals surface area (Å²) in [4.78, 5) is 13.9. The molecule has 0 aromatic carbocycles. The van der Waals surface area contributed by atoms with Gasteiger partial charge in [-0.3, -0.25) is 4.79 Å². The van der Waals surface area contributed by atoms with E-state index in [1.54, 1.807) is 9.47 Å². The third-order valence-corrected chi connectivity index (χ3v) is 3.81. The van der Waals surface area contributed by atoms with E-state index < -0.39 is 10.0 Å². The summed E-state index contributed by atoms with van der Waals surface area (Å²) in [5.41, 5.74) is 0.370. The van der Waals surface area contributed by atoms with Gasteiger partial charge in [-0.05, 0) is 26.3 Å². The Morgan fingerprint density at radius 3 is 2.32 bits per heavy atom. The van der Waals surface area contributed by atoms with Crippen molar-refractivity contribution < 1.29 is 13.2 Å². The molecule has 6 nitrogen and oxygen atoms in total. The Morgan fingerprint density at radius 2 is 1.89 bits per heavy atom. The van der Waals surface area contributed by atoms with Crippen LogP contribution >= 0.6 is 0 Å². The van der Waals surface area contributed by atoms with Crippen LogP contribution in [0.15, 0.2) is 17.2 Å². The summed E-state index contributed by atoms with van der Waals surface area (Å²) in [6, 6.07) is 1.35. The first-order valence-corrected chi connectivity index (χ1v) is 7.92. The molecule has 0 saturated heterocycles. The Kier molecular flexibility index (Phi) is 5.13. The minimum absolute atomic E-state index is 0.0172. The lowest BCUT2D eigenvalue weighted by Crippen LogP contribution is -2.32. The predicted octanol–water partition coefficient (Wildman–Crippen LogP) is 1.03. The topological polar surface area (TPSA) is 85.4 Å². The van der Waals surface area contributed by atoms with Crippen molar-refractivity contribution in [3.05, 3.63) is 18.0 Å². The lowest BCUT2D eigenvalue weighted by atomic mass is 10.3. The summed E-state index contributed by atoms with van der Waals surface area (Å²) in [6.07, 6.45) is 2.23. The van der Waals surface area contributed by atoms with Crippen molar-refractivity contribution in [1.82, 2.24) is 9.47 Å². The second-order valence-electron chi connectivity index (χ2n) is 4.28. The van der Waals surface area contributed by atoms with E-state index in [2.05, 4.69) is 0 Å². The van der Waals surface area contributed by atoms with Gasteiger partial charge in [0, 0.05) is 25.8 Å². The Hall–Kier alpha value is -1.34. The number of aromatic nitrogens is 1. The highest BCUT2D eigenvalue weighted by Gasteiger charge is 2.21. The maximum atomic E-state index is 12.3. The standard InChI is InChI=1S/C12H21N3O3S/c1-4-7-15-9-10(19(13,17)18)8-11(15)12(16)14(5-2)6-3/h8-9H,4-7H2,1-3H3,(H2,13,17,18). The SMILES string of the molecule is CCCn1cc(S(N)(=O)=O)cc1C(=O)N(CC)CC. The van der Waals surface area contributed by atoms with E-state index in [9.17, 15) is 13.2 Å². The molecule has 1 aromatic heterocycles. The Balaban J connectivity index is 3.25. The van der Waals surface area contributed by atoms with Crippen LogP contribution < -0.4 is 5.14 Å². The summed E-state index contributed by atoms with van der Waals surface area (Å²) in [6.45, 7) is 7.47. The predicted molar refractivity (Wildman–Crippen MR) is 73.3 cm³/mol. The highest BCUT2D eigenvalue weighted by Crippen LogP contribution is 2.16. The zero-order valence-electron chi connectivity index (χ0n) is 11.6. The van der Waals surface area contributed by atoms with Crippen molar-refractivity contribution in [3.8, 4) is 0 Å². The van der Waals surface area contributed by atoms with E-state index in [1.165, 1.54) is 12.3 Å². The lowest BCUT2D eigenvalue weighted by Gasteiger charge is -2.19. The number of nitrogens with two attached hydrogens (primary N) is 1. The molecule has 19 heavy (non-hydrogen) atoms. The molecule has 1 amide bonds.